The summed E-state index contributed by atoms with van der Waals surface area (Å²) < 4.78 is 2.40. The molecule has 0 N–H and O–H groups in total. The number of nitrogens with zero attached hydrogens (tertiary/aromatic N) is 2. The third-order valence-electron chi connectivity index (χ3n) is 4.38. The number of imidazole rings is 1. The maximum atomic E-state index is 6.19. The molecule has 1 saturated carbocycles. The van der Waals surface area contributed by atoms with Gasteiger partial charge in [-0.1, -0.05) is 11.6 Å². The van der Waals surface area contributed by atoms with Gasteiger partial charge in [0.15, 0.2) is 0 Å². The van der Waals surface area contributed by atoms with Crippen molar-refractivity contribution in [3.8, 4) is 0 Å². The molecule has 114 valence electrons. The van der Waals surface area contributed by atoms with Crippen molar-refractivity contribution in [1.82, 2.24) is 9.55 Å². The van der Waals surface area contributed by atoms with E-state index >= 15 is 0 Å². The lowest BCUT2D eigenvalue weighted by molar-refractivity contribution is 0.359. The van der Waals surface area contributed by atoms with Gasteiger partial charge in [-0.05, 0) is 50.1 Å². The first-order chi connectivity index (χ1) is 10.2. The fourth-order valence-electron chi connectivity index (χ4n) is 3.32. The molecule has 0 saturated heterocycles. The number of thioether (sulfide) groups is 1. The van der Waals surface area contributed by atoms with Crippen molar-refractivity contribution in [3.05, 3.63) is 29.0 Å². The highest BCUT2D eigenvalue weighted by Crippen LogP contribution is 2.36. The zero-order valence-corrected chi connectivity index (χ0v) is 14.5. The topological polar surface area (TPSA) is 17.8 Å². The Balaban J connectivity index is 1.98. The second-order valence-corrected chi connectivity index (χ2v) is 7.59. The molecule has 0 unspecified atom stereocenters. The summed E-state index contributed by atoms with van der Waals surface area (Å²) >= 11 is 14.2. The molecule has 0 bridgehead atoms. The van der Waals surface area contributed by atoms with Gasteiger partial charge in [0.25, 0.3) is 0 Å². The lowest BCUT2D eigenvalue weighted by Crippen LogP contribution is -2.21. The Bertz CT molecular complexity index is 618. The van der Waals surface area contributed by atoms with Crippen LogP contribution in [0, 0.1) is 0 Å². The van der Waals surface area contributed by atoms with Crippen molar-refractivity contribution in [2.45, 2.75) is 43.4 Å². The lowest BCUT2D eigenvalue weighted by atomic mass is 9.94. The van der Waals surface area contributed by atoms with Crippen LogP contribution in [0.4, 0.5) is 0 Å². The SMILES string of the molecule is CSC1CCC(n2c(CCCl)nc3ccc(Cl)cc32)CC1. The minimum atomic E-state index is 0.537. The Morgan fingerprint density at radius 3 is 2.71 bits per heavy atom. The minimum absolute atomic E-state index is 0.537. The van der Waals surface area contributed by atoms with Gasteiger partial charge in [-0.25, -0.2) is 4.98 Å². The zero-order chi connectivity index (χ0) is 14.8. The summed E-state index contributed by atoms with van der Waals surface area (Å²) in [5.74, 6) is 1.71. The van der Waals surface area contributed by atoms with Gasteiger partial charge in [-0.15, -0.1) is 11.6 Å². The standard InChI is InChI=1S/C16H20Cl2N2S/c1-21-13-5-3-12(4-6-13)20-15-10-11(18)2-7-14(15)19-16(20)8-9-17/h2,7,10,12-13H,3-6,8-9H2,1H3. The Hall–Kier alpha value is -0.380. The van der Waals surface area contributed by atoms with E-state index in [0.717, 1.165) is 33.6 Å². The molecule has 2 aromatic rings. The molecule has 2 nitrogen and oxygen atoms in total. The van der Waals surface area contributed by atoms with Crippen molar-refractivity contribution in [2.24, 2.45) is 0 Å². The van der Waals surface area contributed by atoms with Gasteiger partial charge in [0.1, 0.15) is 5.82 Å². The molecule has 0 aliphatic heterocycles. The molecule has 5 heteroatoms. The number of aromatic nitrogens is 2. The molecule has 1 heterocycles. The maximum absolute atomic E-state index is 6.19. The van der Waals surface area contributed by atoms with Gasteiger partial charge in [-0.3, -0.25) is 0 Å². The fraction of sp³-hybridized carbons (Fsp3) is 0.562. The van der Waals surface area contributed by atoms with Crippen LogP contribution >= 0.6 is 35.0 Å². The first-order valence-corrected chi connectivity index (χ1v) is 9.68. The lowest BCUT2D eigenvalue weighted by Gasteiger charge is -2.30. The molecule has 1 fully saturated rings. The number of halogens is 2. The van der Waals surface area contributed by atoms with E-state index in [1.54, 1.807) is 0 Å². The van der Waals surface area contributed by atoms with Gasteiger partial charge in [0.05, 0.1) is 11.0 Å². The molecular weight excluding hydrogens is 323 g/mol. The molecule has 1 aliphatic rings. The maximum Gasteiger partial charge on any atom is 0.111 e. The van der Waals surface area contributed by atoms with E-state index < -0.39 is 0 Å². The summed E-state index contributed by atoms with van der Waals surface area (Å²) in [7, 11) is 0. The number of fused-ring (bicyclic) bond motifs is 1. The van der Waals surface area contributed by atoms with Crippen LogP contribution in [-0.4, -0.2) is 26.9 Å². The summed E-state index contributed by atoms with van der Waals surface area (Å²) in [6, 6.07) is 6.51. The van der Waals surface area contributed by atoms with Crippen molar-refractivity contribution < 1.29 is 0 Å². The Labute approximate surface area is 140 Å². The van der Waals surface area contributed by atoms with Gasteiger partial charge in [-0.2, -0.15) is 11.8 Å². The number of benzene rings is 1. The highest BCUT2D eigenvalue weighted by molar-refractivity contribution is 7.99. The predicted molar refractivity (Wildman–Crippen MR) is 94.0 cm³/mol. The smallest absolute Gasteiger partial charge is 0.111 e. The van der Waals surface area contributed by atoms with Crippen molar-refractivity contribution in [2.75, 3.05) is 12.1 Å². The van der Waals surface area contributed by atoms with Crippen molar-refractivity contribution in [3.63, 3.8) is 0 Å². The molecule has 1 aromatic heterocycles. The van der Waals surface area contributed by atoms with Crippen LogP contribution in [-0.2, 0) is 6.42 Å². The van der Waals surface area contributed by atoms with Crippen LogP contribution in [0.2, 0.25) is 5.02 Å². The molecule has 0 atom stereocenters. The number of alkyl halides is 1. The number of hydrogen-bond acceptors (Lipinski definition) is 2. The first-order valence-electron chi connectivity index (χ1n) is 7.48. The molecule has 21 heavy (non-hydrogen) atoms. The van der Waals surface area contributed by atoms with E-state index in [9.17, 15) is 0 Å². The largest absolute Gasteiger partial charge is 0.325 e. The number of hydrogen-bond donors (Lipinski definition) is 0. The molecule has 3 rings (SSSR count). The molecule has 0 amide bonds. The average Bonchev–Trinajstić information content (AvgIpc) is 2.85. The van der Waals surface area contributed by atoms with E-state index in [2.05, 4.69) is 10.8 Å². The summed E-state index contributed by atoms with van der Waals surface area (Å²) in [4.78, 5) is 4.77. The van der Waals surface area contributed by atoms with Crippen LogP contribution in [0.3, 0.4) is 0 Å². The van der Waals surface area contributed by atoms with Gasteiger partial charge in [0, 0.05) is 28.6 Å². The second kappa shape index (κ2) is 6.80. The van der Waals surface area contributed by atoms with E-state index in [1.807, 2.05) is 30.0 Å². The van der Waals surface area contributed by atoms with Crippen LogP contribution in [0.15, 0.2) is 18.2 Å². The predicted octanol–water partition coefficient (Wildman–Crippen LogP) is 5.32. The van der Waals surface area contributed by atoms with Crippen molar-refractivity contribution in [1.29, 1.82) is 0 Å². The second-order valence-electron chi connectivity index (χ2n) is 5.64. The Morgan fingerprint density at radius 1 is 1.29 bits per heavy atom. The number of rotatable bonds is 4. The highest BCUT2D eigenvalue weighted by atomic mass is 35.5. The van der Waals surface area contributed by atoms with E-state index in [1.165, 1.54) is 25.7 Å². The minimum Gasteiger partial charge on any atom is -0.325 e. The zero-order valence-electron chi connectivity index (χ0n) is 12.2. The van der Waals surface area contributed by atoms with Crippen LogP contribution in [0.5, 0.6) is 0 Å². The summed E-state index contributed by atoms with van der Waals surface area (Å²) in [6.07, 6.45) is 8.04. The monoisotopic (exact) mass is 342 g/mol. The van der Waals surface area contributed by atoms with Crippen LogP contribution in [0.1, 0.15) is 37.5 Å². The average molecular weight is 343 g/mol. The normalized spacial score (nSPS) is 22.8. The number of aryl methyl sites for hydroxylation is 1. The molecular formula is C16H20Cl2N2S. The van der Waals surface area contributed by atoms with Crippen LogP contribution in [0.25, 0.3) is 11.0 Å². The third-order valence-corrected chi connectivity index (χ3v) is 5.95. The first kappa shape index (κ1) is 15.5. The summed E-state index contributed by atoms with van der Waals surface area (Å²) in [6.45, 7) is 0. The summed E-state index contributed by atoms with van der Waals surface area (Å²) in [5, 5.41) is 1.59. The summed E-state index contributed by atoms with van der Waals surface area (Å²) in [5.41, 5.74) is 2.20. The van der Waals surface area contributed by atoms with Gasteiger partial charge < -0.3 is 4.57 Å². The Kier molecular flexibility index (Phi) is 5.03. The molecule has 1 aromatic carbocycles. The van der Waals surface area contributed by atoms with Gasteiger partial charge in [0.2, 0.25) is 0 Å². The van der Waals surface area contributed by atoms with Crippen LogP contribution < -0.4 is 0 Å². The van der Waals surface area contributed by atoms with E-state index in [0.29, 0.717) is 11.9 Å². The fourth-order valence-corrected chi connectivity index (χ4v) is 4.40. The molecule has 0 spiro atoms. The van der Waals surface area contributed by atoms with E-state index in [-0.39, 0.29) is 0 Å². The Morgan fingerprint density at radius 2 is 2.05 bits per heavy atom. The molecule has 0 radical (unpaired) electrons. The molecule has 1 aliphatic carbocycles. The quantitative estimate of drug-likeness (QED) is 0.700. The highest BCUT2D eigenvalue weighted by Gasteiger charge is 2.25. The third kappa shape index (κ3) is 3.20. The van der Waals surface area contributed by atoms with E-state index in [4.69, 9.17) is 28.2 Å². The van der Waals surface area contributed by atoms with Crippen molar-refractivity contribution >= 4 is 46.0 Å². The van der Waals surface area contributed by atoms with Gasteiger partial charge >= 0.3 is 0 Å².